The molecule has 0 saturated carbocycles. The fraction of sp³-hybridized carbons (Fsp3) is 0.786. The molecular formula is C14H23N3O3. The number of carbonyl (C=O) groups excluding carboxylic acids is 1. The highest BCUT2D eigenvalue weighted by Gasteiger charge is 2.21. The molecule has 1 saturated heterocycles. The maximum Gasteiger partial charge on any atom is 0.226 e. The van der Waals surface area contributed by atoms with Crippen LogP contribution in [0.3, 0.4) is 0 Å². The molecule has 6 nitrogen and oxygen atoms in total. The van der Waals surface area contributed by atoms with E-state index in [9.17, 15) is 9.90 Å². The highest BCUT2D eigenvalue weighted by molar-refractivity contribution is 5.76. The normalized spacial score (nSPS) is 19.3. The van der Waals surface area contributed by atoms with E-state index >= 15 is 0 Å². The average Bonchev–Trinajstić information content (AvgIpc) is 2.87. The van der Waals surface area contributed by atoms with Crippen LogP contribution in [0.15, 0.2) is 4.52 Å². The SMILES string of the molecule is CCCc1noc(CCCC(=O)N2CCCC(O)C2)n1. The van der Waals surface area contributed by atoms with Gasteiger partial charge < -0.3 is 14.5 Å². The third kappa shape index (κ3) is 4.30. The number of β-amino-alcohol motifs (C(OH)–C–C–N with tert-alkyl or cyclic N) is 1. The monoisotopic (exact) mass is 281 g/mol. The number of hydrogen-bond acceptors (Lipinski definition) is 5. The quantitative estimate of drug-likeness (QED) is 0.851. The van der Waals surface area contributed by atoms with Gasteiger partial charge in [0.15, 0.2) is 5.82 Å². The van der Waals surface area contributed by atoms with E-state index in [2.05, 4.69) is 17.1 Å². The highest BCUT2D eigenvalue weighted by Crippen LogP contribution is 2.12. The summed E-state index contributed by atoms with van der Waals surface area (Å²) in [5.41, 5.74) is 0. The zero-order chi connectivity index (χ0) is 14.4. The molecule has 20 heavy (non-hydrogen) atoms. The zero-order valence-electron chi connectivity index (χ0n) is 12.0. The van der Waals surface area contributed by atoms with Gasteiger partial charge >= 0.3 is 0 Å². The van der Waals surface area contributed by atoms with Gasteiger partial charge in [-0.15, -0.1) is 0 Å². The van der Waals surface area contributed by atoms with Crippen molar-refractivity contribution in [3.8, 4) is 0 Å². The summed E-state index contributed by atoms with van der Waals surface area (Å²) < 4.78 is 5.14. The van der Waals surface area contributed by atoms with E-state index in [-0.39, 0.29) is 12.0 Å². The summed E-state index contributed by atoms with van der Waals surface area (Å²) in [5, 5.41) is 13.4. The van der Waals surface area contributed by atoms with Crippen LogP contribution in [0.2, 0.25) is 0 Å². The molecule has 1 amide bonds. The number of aromatic nitrogens is 2. The molecule has 2 rings (SSSR count). The Hall–Kier alpha value is -1.43. The molecule has 0 aromatic carbocycles. The maximum absolute atomic E-state index is 12.0. The highest BCUT2D eigenvalue weighted by atomic mass is 16.5. The van der Waals surface area contributed by atoms with Gasteiger partial charge in [-0.1, -0.05) is 12.1 Å². The molecule has 0 spiro atoms. The van der Waals surface area contributed by atoms with Gasteiger partial charge in [0.1, 0.15) is 0 Å². The fourth-order valence-electron chi connectivity index (χ4n) is 2.45. The Morgan fingerprint density at radius 1 is 1.50 bits per heavy atom. The lowest BCUT2D eigenvalue weighted by Crippen LogP contribution is -2.42. The lowest BCUT2D eigenvalue weighted by atomic mass is 10.1. The number of carbonyl (C=O) groups is 1. The predicted octanol–water partition coefficient (Wildman–Crippen LogP) is 1.33. The Bertz CT molecular complexity index is 433. The molecule has 112 valence electrons. The Morgan fingerprint density at radius 3 is 3.10 bits per heavy atom. The van der Waals surface area contributed by atoms with Crippen LogP contribution in [0.1, 0.15) is 50.7 Å². The van der Waals surface area contributed by atoms with Crippen molar-refractivity contribution < 1.29 is 14.4 Å². The molecule has 0 bridgehead atoms. The lowest BCUT2D eigenvalue weighted by molar-refractivity contribution is -0.134. The van der Waals surface area contributed by atoms with Gasteiger partial charge in [0, 0.05) is 32.4 Å². The molecule has 1 N–H and O–H groups in total. The number of rotatable bonds is 6. The summed E-state index contributed by atoms with van der Waals surface area (Å²) >= 11 is 0. The van der Waals surface area contributed by atoms with Crippen LogP contribution in [-0.4, -0.2) is 45.2 Å². The van der Waals surface area contributed by atoms with Crippen LogP contribution in [0.5, 0.6) is 0 Å². The van der Waals surface area contributed by atoms with Crippen molar-refractivity contribution in [1.29, 1.82) is 0 Å². The van der Waals surface area contributed by atoms with E-state index in [4.69, 9.17) is 4.52 Å². The third-order valence-electron chi connectivity index (χ3n) is 3.51. The van der Waals surface area contributed by atoms with Crippen LogP contribution in [0, 0.1) is 0 Å². The minimum atomic E-state index is -0.361. The van der Waals surface area contributed by atoms with Gasteiger partial charge in [-0.3, -0.25) is 4.79 Å². The first kappa shape index (κ1) is 15.0. The van der Waals surface area contributed by atoms with E-state index in [0.29, 0.717) is 31.7 Å². The second-order valence-electron chi connectivity index (χ2n) is 5.34. The number of aliphatic hydroxyl groups is 1. The first-order chi connectivity index (χ1) is 9.69. The minimum Gasteiger partial charge on any atom is -0.391 e. The molecule has 2 heterocycles. The van der Waals surface area contributed by atoms with Crippen molar-refractivity contribution in [3.05, 3.63) is 11.7 Å². The standard InChI is InChI=1S/C14H23N3O3/c1-2-5-12-15-13(20-16-12)7-3-8-14(19)17-9-4-6-11(18)10-17/h11,18H,2-10H2,1H3. The number of aliphatic hydroxyl groups excluding tert-OH is 1. The predicted molar refractivity (Wildman–Crippen MR) is 73.1 cm³/mol. The van der Waals surface area contributed by atoms with E-state index < -0.39 is 0 Å². The summed E-state index contributed by atoms with van der Waals surface area (Å²) in [6.45, 7) is 3.30. The Kier molecular flexibility index (Phi) is 5.52. The summed E-state index contributed by atoms with van der Waals surface area (Å²) in [6, 6.07) is 0. The number of amides is 1. The maximum atomic E-state index is 12.0. The Labute approximate surface area is 119 Å². The third-order valence-corrected chi connectivity index (χ3v) is 3.51. The van der Waals surface area contributed by atoms with E-state index in [0.717, 1.165) is 38.1 Å². The van der Waals surface area contributed by atoms with Gasteiger partial charge in [0.2, 0.25) is 11.8 Å². The summed E-state index contributed by atoms with van der Waals surface area (Å²) in [4.78, 5) is 18.0. The van der Waals surface area contributed by atoms with Crippen molar-refractivity contribution in [2.45, 2.75) is 58.0 Å². The van der Waals surface area contributed by atoms with Crippen molar-refractivity contribution >= 4 is 5.91 Å². The molecule has 1 aromatic rings. The second kappa shape index (κ2) is 7.38. The van der Waals surface area contributed by atoms with Crippen molar-refractivity contribution in [2.24, 2.45) is 0 Å². The second-order valence-corrected chi connectivity index (χ2v) is 5.34. The van der Waals surface area contributed by atoms with Crippen LogP contribution in [-0.2, 0) is 17.6 Å². The van der Waals surface area contributed by atoms with Crippen molar-refractivity contribution in [3.63, 3.8) is 0 Å². The molecule has 1 aliphatic heterocycles. The molecule has 1 aromatic heterocycles. The molecule has 1 atom stereocenters. The van der Waals surface area contributed by atoms with E-state index in [1.54, 1.807) is 4.90 Å². The number of likely N-dealkylation sites (tertiary alicyclic amines) is 1. The number of nitrogens with zero attached hydrogens (tertiary/aromatic N) is 3. The van der Waals surface area contributed by atoms with Gasteiger partial charge in [0.05, 0.1) is 6.10 Å². The van der Waals surface area contributed by atoms with Crippen LogP contribution in [0.25, 0.3) is 0 Å². The fourth-order valence-corrected chi connectivity index (χ4v) is 2.45. The van der Waals surface area contributed by atoms with Crippen LogP contribution in [0.4, 0.5) is 0 Å². The van der Waals surface area contributed by atoms with Gasteiger partial charge in [-0.2, -0.15) is 4.98 Å². The van der Waals surface area contributed by atoms with Crippen LogP contribution >= 0.6 is 0 Å². The van der Waals surface area contributed by atoms with E-state index in [1.165, 1.54) is 0 Å². The molecule has 1 unspecified atom stereocenters. The van der Waals surface area contributed by atoms with Crippen LogP contribution < -0.4 is 0 Å². The summed E-state index contributed by atoms with van der Waals surface area (Å²) in [5.74, 6) is 1.46. The zero-order valence-corrected chi connectivity index (χ0v) is 12.0. The molecule has 1 fully saturated rings. The first-order valence-electron chi connectivity index (χ1n) is 7.46. The number of hydrogen-bond donors (Lipinski definition) is 1. The topological polar surface area (TPSA) is 79.5 Å². The Morgan fingerprint density at radius 2 is 2.35 bits per heavy atom. The minimum absolute atomic E-state index is 0.108. The van der Waals surface area contributed by atoms with Gasteiger partial charge in [0.25, 0.3) is 0 Å². The summed E-state index contributed by atoms with van der Waals surface area (Å²) in [6.07, 6.45) is 4.96. The average molecular weight is 281 g/mol. The molecule has 0 radical (unpaired) electrons. The Balaban J connectivity index is 1.70. The number of aryl methyl sites for hydroxylation is 2. The molecule has 6 heteroatoms. The molecule has 1 aliphatic rings. The molecule has 0 aliphatic carbocycles. The largest absolute Gasteiger partial charge is 0.391 e. The smallest absolute Gasteiger partial charge is 0.226 e. The molecular weight excluding hydrogens is 258 g/mol. The van der Waals surface area contributed by atoms with Crippen molar-refractivity contribution in [1.82, 2.24) is 15.0 Å². The van der Waals surface area contributed by atoms with E-state index in [1.807, 2.05) is 0 Å². The van der Waals surface area contributed by atoms with Gasteiger partial charge in [-0.25, -0.2) is 0 Å². The summed E-state index contributed by atoms with van der Waals surface area (Å²) in [7, 11) is 0. The lowest BCUT2D eigenvalue weighted by Gasteiger charge is -2.30. The first-order valence-corrected chi connectivity index (χ1v) is 7.46. The van der Waals surface area contributed by atoms with Crippen molar-refractivity contribution in [2.75, 3.05) is 13.1 Å². The van der Waals surface area contributed by atoms with Gasteiger partial charge in [-0.05, 0) is 25.7 Å². The number of piperidine rings is 1.